The van der Waals surface area contributed by atoms with Crippen molar-refractivity contribution in [1.82, 2.24) is 4.98 Å². The minimum atomic E-state index is -4.84. The van der Waals surface area contributed by atoms with Gasteiger partial charge in [-0.3, -0.25) is 0 Å². The minimum absolute atomic E-state index is 0.0509. The van der Waals surface area contributed by atoms with E-state index in [4.69, 9.17) is 10.8 Å². The summed E-state index contributed by atoms with van der Waals surface area (Å²) in [7, 11) is -4.57. The maximum Gasteiger partial charge on any atom is 0.416 e. The number of nitrogens with zero attached hydrogens (tertiary/aromatic N) is 1. The lowest BCUT2D eigenvalue weighted by Gasteiger charge is -2.10. The number of carboxylic acid groups (broad SMARTS) is 1. The molecule has 11 heteroatoms. The van der Waals surface area contributed by atoms with E-state index in [2.05, 4.69) is 4.98 Å². The molecule has 1 heterocycles. The summed E-state index contributed by atoms with van der Waals surface area (Å²) in [5.41, 5.74) is 2.92. The van der Waals surface area contributed by atoms with Gasteiger partial charge in [-0.1, -0.05) is 0 Å². The lowest BCUT2D eigenvalue weighted by Crippen LogP contribution is -2.11. The zero-order valence-electron chi connectivity index (χ0n) is 11.5. The SMILES string of the molecule is Nc1cc(S(=O)(=O)c2ccc(C(F)(F)F)cc2F)cnc1C(=O)O. The Bertz CT molecular complexity index is 926. The van der Waals surface area contributed by atoms with Crippen LogP contribution in [0.15, 0.2) is 40.3 Å². The highest BCUT2D eigenvalue weighted by Gasteiger charge is 2.33. The molecule has 1 aromatic carbocycles. The maximum absolute atomic E-state index is 13.8. The predicted octanol–water partition coefficient (Wildman–Crippen LogP) is 2.35. The number of nitrogens with two attached hydrogens (primary N) is 1. The smallest absolute Gasteiger partial charge is 0.416 e. The second-order valence-electron chi connectivity index (χ2n) is 4.56. The van der Waals surface area contributed by atoms with Crippen LogP contribution in [0.3, 0.4) is 0 Å². The topological polar surface area (TPSA) is 110 Å². The molecule has 0 amide bonds. The Morgan fingerprint density at radius 3 is 2.29 bits per heavy atom. The highest BCUT2D eigenvalue weighted by Crippen LogP contribution is 2.32. The summed E-state index contributed by atoms with van der Waals surface area (Å²) in [6, 6.07) is 1.67. The number of aromatic nitrogens is 1. The molecule has 0 aliphatic heterocycles. The van der Waals surface area contributed by atoms with E-state index in [1.54, 1.807) is 0 Å². The van der Waals surface area contributed by atoms with Crippen molar-refractivity contribution >= 4 is 21.5 Å². The Kier molecular flexibility index (Phi) is 4.23. The Hall–Kier alpha value is -2.69. The highest BCUT2D eigenvalue weighted by molar-refractivity contribution is 7.91. The van der Waals surface area contributed by atoms with Gasteiger partial charge in [0.15, 0.2) is 5.69 Å². The third-order valence-corrected chi connectivity index (χ3v) is 4.71. The average molecular weight is 364 g/mol. The molecular formula is C13H8F4N2O4S. The molecule has 1 aromatic heterocycles. The van der Waals surface area contributed by atoms with Crippen molar-refractivity contribution in [3.8, 4) is 0 Å². The minimum Gasteiger partial charge on any atom is -0.476 e. The maximum atomic E-state index is 13.8. The molecule has 2 aromatic rings. The monoisotopic (exact) mass is 364 g/mol. The van der Waals surface area contributed by atoms with Crippen LogP contribution in [-0.2, 0) is 16.0 Å². The predicted molar refractivity (Wildman–Crippen MR) is 72.5 cm³/mol. The van der Waals surface area contributed by atoms with Gasteiger partial charge in [0.05, 0.1) is 16.1 Å². The number of rotatable bonds is 3. The molecule has 0 saturated heterocycles. The van der Waals surface area contributed by atoms with Crippen molar-refractivity contribution < 1.29 is 35.9 Å². The number of sulfone groups is 1. The quantitative estimate of drug-likeness (QED) is 0.809. The molecule has 2 rings (SSSR count). The zero-order valence-corrected chi connectivity index (χ0v) is 12.3. The van der Waals surface area contributed by atoms with Gasteiger partial charge in [0.2, 0.25) is 9.84 Å². The molecule has 0 atom stereocenters. The van der Waals surface area contributed by atoms with Crippen LogP contribution < -0.4 is 5.73 Å². The molecule has 0 saturated carbocycles. The second kappa shape index (κ2) is 5.74. The van der Waals surface area contributed by atoms with Gasteiger partial charge in [-0.25, -0.2) is 22.6 Å². The van der Waals surface area contributed by atoms with Gasteiger partial charge in [0.25, 0.3) is 0 Å². The van der Waals surface area contributed by atoms with Gasteiger partial charge in [-0.15, -0.1) is 0 Å². The van der Waals surface area contributed by atoms with Crippen LogP contribution in [0.1, 0.15) is 16.1 Å². The second-order valence-corrected chi connectivity index (χ2v) is 6.48. The first-order chi connectivity index (χ1) is 10.9. The number of benzene rings is 1. The summed E-state index contributed by atoms with van der Waals surface area (Å²) in [6.45, 7) is 0. The highest BCUT2D eigenvalue weighted by atomic mass is 32.2. The third-order valence-electron chi connectivity index (χ3n) is 2.95. The molecule has 0 bridgehead atoms. The average Bonchev–Trinajstić information content (AvgIpc) is 2.45. The molecule has 3 N–H and O–H groups in total. The van der Waals surface area contributed by atoms with Crippen molar-refractivity contribution in [2.75, 3.05) is 5.73 Å². The lowest BCUT2D eigenvalue weighted by molar-refractivity contribution is -0.137. The first kappa shape index (κ1) is 17.7. The summed E-state index contributed by atoms with van der Waals surface area (Å²) in [5, 5.41) is 8.77. The van der Waals surface area contributed by atoms with Gasteiger partial charge in [0, 0.05) is 6.20 Å². The number of carboxylic acids is 1. The first-order valence-corrected chi connectivity index (χ1v) is 7.53. The van der Waals surface area contributed by atoms with E-state index in [1.807, 2.05) is 0 Å². The summed E-state index contributed by atoms with van der Waals surface area (Å²) in [4.78, 5) is 12.5. The Morgan fingerprint density at radius 2 is 1.83 bits per heavy atom. The molecule has 0 spiro atoms. The Labute approximate surface area is 132 Å². The van der Waals surface area contributed by atoms with Crippen molar-refractivity contribution in [2.24, 2.45) is 0 Å². The van der Waals surface area contributed by atoms with Crippen LogP contribution >= 0.6 is 0 Å². The number of anilines is 1. The number of carbonyl (C=O) groups is 1. The van der Waals surface area contributed by atoms with Crippen molar-refractivity contribution in [2.45, 2.75) is 16.0 Å². The standard InChI is InChI=1S/C13H8F4N2O4S/c14-8-3-6(13(15,16)17)1-2-10(8)24(22,23)7-4-9(18)11(12(20)21)19-5-7/h1-5H,18H2,(H,20,21). The van der Waals surface area contributed by atoms with Crippen LogP contribution in [0, 0.1) is 5.82 Å². The largest absolute Gasteiger partial charge is 0.476 e. The van der Waals surface area contributed by atoms with E-state index in [1.165, 1.54) is 0 Å². The Balaban J connectivity index is 2.56. The number of nitrogen functional groups attached to an aromatic ring is 1. The zero-order chi connectivity index (χ0) is 18.3. The van der Waals surface area contributed by atoms with E-state index in [-0.39, 0.29) is 6.07 Å². The van der Waals surface area contributed by atoms with Gasteiger partial charge < -0.3 is 10.8 Å². The Morgan fingerprint density at radius 1 is 1.21 bits per heavy atom. The van der Waals surface area contributed by atoms with E-state index >= 15 is 0 Å². The fourth-order valence-corrected chi connectivity index (χ4v) is 3.10. The molecule has 6 nitrogen and oxygen atoms in total. The fraction of sp³-hybridized carbons (Fsp3) is 0.0769. The van der Waals surface area contributed by atoms with Crippen LogP contribution in [-0.4, -0.2) is 24.5 Å². The van der Waals surface area contributed by atoms with Crippen LogP contribution in [0.5, 0.6) is 0 Å². The molecule has 24 heavy (non-hydrogen) atoms. The van der Waals surface area contributed by atoms with Gasteiger partial charge in [-0.2, -0.15) is 13.2 Å². The molecule has 0 fully saturated rings. The van der Waals surface area contributed by atoms with E-state index in [0.29, 0.717) is 18.3 Å². The lowest BCUT2D eigenvalue weighted by atomic mass is 10.2. The number of pyridine rings is 1. The number of halogens is 4. The number of aromatic carboxylic acids is 1. The number of alkyl halides is 3. The van der Waals surface area contributed by atoms with E-state index < -0.39 is 54.5 Å². The summed E-state index contributed by atoms with van der Waals surface area (Å²) < 4.78 is 75.9. The van der Waals surface area contributed by atoms with Crippen molar-refractivity contribution in [3.63, 3.8) is 0 Å². The molecule has 128 valence electrons. The molecule has 0 aliphatic rings. The molecule has 0 aliphatic carbocycles. The summed E-state index contributed by atoms with van der Waals surface area (Å²) >= 11 is 0. The van der Waals surface area contributed by atoms with Crippen LogP contribution in [0.25, 0.3) is 0 Å². The molecule has 0 unspecified atom stereocenters. The summed E-state index contributed by atoms with van der Waals surface area (Å²) in [5.74, 6) is -3.11. The third kappa shape index (κ3) is 3.15. The molecular weight excluding hydrogens is 356 g/mol. The van der Waals surface area contributed by atoms with E-state index in [0.717, 1.165) is 6.07 Å². The summed E-state index contributed by atoms with van der Waals surface area (Å²) in [6.07, 6.45) is -4.20. The van der Waals surface area contributed by atoms with Crippen molar-refractivity contribution in [3.05, 3.63) is 47.5 Å². The van der Waals surface area contributed by atoms with E-state index in [9.17, 15) is 30.8 Å². The normalized spacial score (nSPS) is 12.2. The van der Waals surface area contributed by atoms with Crippen LogP contribution in [0.2, 0.25) is 0 Å². The van der Waals surface area contributed by atoms with Crippen molar-refractivity contribution in [1.29, 1.82) is 0 Å². The van der Waals surface area contributed by atoms with Crippen LogP contribution in [0.4, 0.5) is 23.2 Å². The fourth-order valence-electron chi connectivity index (χ4n) is 1.81. The van der Waals surface area contributed by atoms with Gasteiger partial charge >= 0.3 is 12.1 Å². The number of hydrogen-bond donors (Lipinski definition) is 2. The number of hydrogen-bond acceptors (Lipinski definition) is 5. The van der Waals surface area contributed by atoms with Gasteiger partial charge in [-0.05, 0) is 24.3 Å². The van der Waals surface area contributed by atoms with Gasteiger partial charge in [0.1, 0.15) is 10.7 Å². The first-order valence-electron chi connectivity index (χ1n) is 6.05. The molecule has 0 radical (unpaired) electrons.